The number of aryl methyl sites for hydroxylation is 2. The molecule has 0 saturated heterocycles. The highest BCUT2D eigenvalue weighted by Gasteiger charge is 2.08. The smallest absolute Gasteiger partial charge is 0.181 e. The lowest BCUT2D eigenvalue weighted by Crippen LogP contribution is -2.37. The summed E-state index contributed by atoms with van der Waals surface area (Å²) in [5, 5.41) is 0. The Balaban J connectivity index is 1.99. The molecule has 0 spiro atoms. The molecule has 0 atom stereocenters. The molecule has 0 amide bonds. The van der Waals surface area contributed by atoms with E-state index in [-0.39, 0.29) is 0 Å². The molecule has 0 unspecified atom stereocenters. The van der Waals surface area contributed by atoms with E-state index in [1.807, 2.05) is 0 Å². The first-order valence-corrected chi connectivity index (χ1v) is 13.4. The van der Waals surface area contributed by atoms with Crippen molar-refractivity contribution in [3.05, 3.63) is 30.1 Å². The Morgan fingerprint density at radius 3 is 1.48 bits per heavy atom. The van der Waals surface area contributed by atoms with Gasteiger partial charge in [0.1, 0.15) is 6.54 Å². The lowest BCUT2D eigenvalue weighted by atomic mass is 10.0. The number of aromatic nitrogens is 1. The molecule has 0 aliphatic rings. The van der Waals surface area contributed by atoms with E-state index in [0.29, 0.717) is 0 Å². The third-order valence-electron chi connectivity index (χ3n) is 6.32. The van der Waals surface area contributed by atoms with Gasteiger partial charge in [0.25, 0.3) is 0 Å². The van der Waals surface area contributed by atoms with Gasteiger partial charge in [0.15, 0.2) is 11.9 Å². The summed E-state index contributed by atoms with van der Waals surface area (Å²) in [4.78, 5) is 0. The predicted octanol–water partition coefficient (Wildman–Crippen LogP) is 8.97. The van der Waals surface area contributed by atoms with Gasteiger partial charge in [-0.1, -0.05) is 123 Å². The summed E-state index contributed by atoms with van der Waals surface area (Å²) < 4.78 is 2.52. The standard InChI is InChI=1S/C28H52N/c1-3-5-7-9-11-12-13-14-15-16-17-19-22-26-29-27-23-21-25-28(29)24-20-18-10-8-6-4-2/h21,23,25,27H,3-20,22,24,26H2,1-2H3/q+1. The van der Waals surface area contributed by atoms with Gasteiger partial charge in [-0.05, 0) is 12.8 Å². The molecule has 0 N–H and O–H groups in total. The minimum Gasteiger partial charge on any atom is -0.202 e. The fraction of sp³-hybridized carbons (Fsp3) is 0.821. The molecule has 29 heavy (non-hydrogen) atoms. The van der Waals surface area contributed by atoms with Crippen LogP contribution in [-0.4, -0.2) is 0 Å². The van der Waals surface area contributed by atoms with Crippen molar-refractivity contribution in [1.82, 2.24) is 0 Å². The normalized spacial score (nSPS) is 11.2. The fourth-order valence-corrected chi connectivity index (χ4v) is 4.34. The van der Waals surface area contributed by atoms with Crippen LogP contribution < -0.4 is 4.57 Å². The maximum Gasteiger partial charge on any atom is 0.181 e. The lowest BCUT2D eigenvalue weighted by molar-refractivity contribution is -0.704. The van der Waals surface area contributed by atoms with E-state index in [9.17, 15) is 0 Å². The van der Waals surface area contributed by atoms with Gasteiger partial charge < -0.3 is 0 Å². The van der Waals surface area contributed by atoms with E-state index in [1.54, 1.807) is 5.69 Å². The van der Waals surface area contributed by atoms with E-state index in [2.05, 4.69) is 42.8 Å². The van der Waals surface area contributed by atoms with Crippen LogP contribution in [0.25, 0.3) is 0 Å². The second kappa shape index (κ2) is 20.4. The summed E-state index contributed by atoms with van der Waals surface area (Å²) in [6.45, 7) is 5.81. The molecule has 1 aromatic heterocycles. The maximum atomic E-state index is 2.52. The maximum absolute atomic E-state index is 2.52. The molecule has 0 aromatic carbocycles. The molecule has 1 rings (SSSR count). The third-order valence-corrected chi connectivity index (χ3v) is 6.32. The first kappa shape index (κ1) is 26.2. The first-order chi connectivity index (χ1) is 14.4. The van der Waals surface area contributed by atoms with Crippen LogP contribution in [-0.2, 0) is 13.0 Å². The second-order valence-electron chi connectivity index (χ2n) is 9.15. The van der Waals surface area contributed by atoms with E-state index < -0.39 is 0 Å². The molecule has 0 aliphatic heterocycles. The molecule has 0 bridgehead atoms. The molecule has 1 heterocycles. The summed E-state index contributed by atoms with van der Waals surface area (Å²) in [5.74, 6) is 0. The van der Waals surface area contributed by atoms with Gasteiger partial charge in [-0.2, -0.15) is 0 Å². The summed E-state index contributed by atoms with van der Waals surface area (Å²) in [6, 6.07) is 6.76. The largest absolute Gasteiger partial charge is 0.202 e. The highest BCUT2D eigenvalue weighted by molar-refractivity contribution is 4.97. The van der Waals surface area contributed by atoms with Crippen molar-refractivity contribution >= 4 is 0 Å². The van der Waals surface area contributed by atoms with Crippen LogP contribution in [0, 0.1) is 0 Å². The van der Waals surface area contributed by atoms with E-state index in [4.69, 9.17) is 0 Å². The molecule has 0 fully saturated rings. The van der Waals surface area contributed by atoms with Gasteiger partial charge in [-0.25, -0.2) is 4.57 Å². The van der Waals surface area contributed by atoms with Crippen LogP contribution in [0.3, 0.4) is 0 Å². The van der Waals surface area contributed by atoms with Crippen molar-refractivity contribution in [1.29, 1.82) is 0 Å². The van der Waals surface area contributed by atoms with Crippen molar-refractivity contribution < 1.29 is 4.57 Å². The van der Waals surface area contributed by atoms with Crippen LogP contribution in [0.2, 0.25) is 0 Å². The van der Waals surface area contributed by atoms with Gasteiger partial charge in [0, 0.05) is 25.0 Å². The zero-order valence-corrected chi connectivity index (χ0v) is 20.1. The number of unbranched alkanes of at least 4 members (excludes halogenated alkanes) is 17. The fourth-order valence-electron chi connectivity index (χ4n) is 4.34. The number of hydrogen-bond donors (Lipinski definition) is 0. The molecule has 1 heteroatoms. The van der Waals surface area contributed by atoms with Gasteiger partial charge in [-0.3, -0.25) is 0 Å². The molecule has 168 valence electrons. The highest BCUT2D eigenvalue weighted by Crippen LogP contribution is 2.13. The Kier molecular flexibility index (Phi) is 18.4. The summed E-state index contributed by atoms with van der Waals surface area (Å²) in [6.07, 6.45) is 30.5. The minimum atomic E-state index is 1.21. The number of nitrogens with zero attached hydrogens (tertiary/aromatic N) is 1. The van der Waals surface area contributed by atoms with E-state index in [1.165, 1.54) is 135 Å². The molecule has 0 aliphatic carbocycles. The number of hydrogen-bond acceptors (Lipinski definition) is 0. The van der Waals surface area contributed by atoms with Gasteiger partial charge in [0.2, 0.25) is 0 Å². The molecule has 0 saturated carbocycles. The van der Waals surface area contributed by atoms with Crippen molar-refractivity contribution in [3.63, 3.8) is 0 Å². The van der Waals surface area contributed by atoms with Gasteiger partial charge >= 0.3 is 0 Å². The first-order valence-electron chi connectivity index (χ1n) is 13.4. The van der Waals surface area contributed by atoms with Crippen LogP contribution in [0.1, 0.15) is 142 Å². The Bertz CT molecular complexity index is 453. The molecule has 1 aromatic rings. The molecule has 0 radical (unpaired) electrons. The van der Waals surface area contributed by atoms with Crippen LogP contribution in [0.15, 0.2) is 24.4 Å². The average molecular weight is 403 g/mol. The molecule has 1 nitrogen and oxygen atoms in total. The van der Waals surface area contributed by atoms with Crippen LogP contribution in [0.4, 0.5) is 0 Å². The number of pyridine rings is 1. The Labute approximate surface area is 183 Å². The van der Waals surface area contributed by atoms with E-state index in [0.717, 1.165) is 0 Å². The van der Waals surface area contributed by atoms with E-state index >= 15 is 0 Å². The average Bonchev–Trinajstić information content (AvgIpc) is 2.75. The highest BCUT2D eigenvalue weighted by atomic mass is 14.9. The topological polar surface area (TPSA) is 3.88 Å². The van der Waals surface area contributed by atoms with Crippen LogP contribution >= 0.6 is 0 Å². The molecular weight excluding hydrogens is 350 g/mol. The summed E-state index contributed by atoms with van der Waals surface area (Å²) in [5.41, 5.74) is 1.54. The Morgan fingerprint density at radius 2 is 0.966 bits per heavy atom. The lowest BCUT2D eigenvalue weighted by Gasteiger charge is -2.05. The van der Waals surface area contributed by atoms with Crippen molar-refractivity contribution in [3.8, 4) is 0 Å². The quantitative estimate of drug-likeness (QED) is 0.143. The molecular formula is C28H52N+. The van der Waals surface area contributed by atoms with Gasteiger partial charge in [-0.15, -0.1) is 0 Å². The third kappa shape index (κ3) is 15.6. The second-order valence-corrected chi connectivity index (χ2v) is 9.15. The Hall–Kier alpha value is -0.850. The van der Waals surface area contributed by atoms with Crippen LogP contribution in [0.5, 0.6) is 0 Å². The van der Waals surface area contributed by atoms with Gasteiger partial charge in [0.05, 0.1) is 0 Å². The summed E-state index contributed by atoms with van der Waals surface area (Å²) in [7, 11) is 0. The number of rotatable bonds is 21. The SMILES string of the molecule is CCCCCCCCCCCCCCC[n+]1ccccc1CCCCCCCC. The predicted molar refractivity (Wildman–Crippen MR) is 129 cm³/mol. The van der Waals surface area contributed by atoms with Crippen molar-refractivity contribution in [2.24, 2.45) is 0 Å². The van der Waals surface area contributed by atoms with Crippen molar-refractivity contribution in [2.45, 2.75) is 149 Å². The monoisotopic (exact) mass is 402 g/mol. The summed E-state index contributed by atoms with van der Waals surface area (Å²) >= 11 is 0. The minimum absolute atomic E-state index is 1.21. The Morgan fingerprint density at radius 1 is 0.517 bits per heavy atom. The van der Waals surface area contributed by atoms with Crippen molar-refractivity contribution in [2.75, 3.05) is 0 Å². The zero-order chi connectivity index (χ0) is 20.8. The zero-order valence-electron chi connectivity index (χ0n) is 20.1.